The third-order valence-corrected chi connectivity index (χ3v) is 6.01. The van der Waals surface area contributed by atoms with Gasteiger partial charge in [-0.2, -0.15) is 0 Å². The van der Waals surface area contributed by atoms with Crippen LogP contribution in [0.2, 0.25) is 0 Å². The SMILES string of the molecule is O=C1CCC2(O1)C(=O)CC1CCCCN3CCCC132. The summed E-state index contributed by atoms with van der Waals surface area (Å²) >= 11 is 0. The number of hydrogen-bond acceptors (Lipinski definition) is 4. The van der Waals surface area contributed by atoms with Crippen molar-refractivity contribution >= 4 is 11.8 Å². The monoisotopic (exact) mass is 263 g/mol. The number of carbonyl (C=O) groups excluding carboxylic acids is 2. The first-order chi connectivity index (χ1) is 9.19. The number of rotatable bonds is 0. The maximum absolute atomic E-state index is 12.7. The molecule has 0 aromatic carbocycles. The molecule has 3 heterocycles. The first-order valence-electron chi connectivity index (χ1n) is 7.69. The van der Waals surface area contributed by atoms with E-state index in [9.17, 15) is 9.59 Å². The van der Waals surface area contributed by atoms with Crippen LogP contribution in [-0.4, -0.2) is 40.9 Å². The molecule has 4 nitrogen and oxygen atoms in total. The van der Waals surface area contributed by atoms with E-state index < -0.39 is 5.60 Å². The summed E-state index contributed by atoms with van der Waals surface area (Å²) in [5.41, 5.74) is -0.928. The smallest absolute Gasteiger partial charge is 0.307 e. The molecule has 3 saturated heterocycles. The van der Waals surface area contributed by atoms with Crippen LogP contribution in [0.15, 0.2) is 0 Å². The molecule has 4 heteroatoms. The van der Waals surface area contributed by atoms with Crippen molar-refractivity contribution < 1.29 is 14.3 Å². The summed E-state index contributed by atoms with van der Waals surface area (Å²) < 4.78 is 5.72. The Balaban J connectivity index is 1.85. The number of esters is 1. The standard InChI is InChI=1S/C15H21NO3/c17-12-10-11-4-1-2-8-16-9-3-6-14(11,16)15(12)7-5-13(18)19-15/h11H,1-10H2. The molecule has 0 bridgehead atoms. The molecule has 0 radical (unpaired) electrons. The van der Waals surface area contributed by atoms with Crippen molar-refractivity contribution in [3.05, 3.63) is 0 Å². The summed E-state index contributed by atoms with van der Waals surface area (Å²) in [6.45, 7) is 2.15. The fraction of sp³-hybridized carbons (Fsp3) is 0.867. The van der Waals surface area contributed by atoms with Crippen molar-refractivity contribution in [2.24, 2.45) is 5.92 Å². The Morgan fingerprint density at radius 1 is 1.11 bits per heavy atom. The average molecular weight is 263 g/mol. The Labute approximate surface area is 113 Å². The zero-order valence-corrected chi connectivity index (χ0v) is 11.3. The largest absolute Gasteiger partial charge is 0.449 e. The van der Waals surface area contributed by atoms with Gasteiger partial charge in [-0.15, -0.1) is 0 Å². The fourth-order valence-corrected chi connectivity index (χ4v) is 5.37. The highest BCUT2D eigenvalue weighted by molar-refractivity contribution is 5.96. The first-order valence-corrected chi connectivity index (χ1v) is 7.69. The van der Waals surface area contributed by atoms with Crippen LogP contribution in [0.25, 0.3) is 0 Å². The van der Waals surface area contributed by atoms with E-state index in [4.69, 9.17) is 4.74 Å². The molecule has 0 aromatic heterocycles. The van der Waals surface area contributed by atoms with Crippen molar-refractivity contribution in [3.8, 4) is 0 Å². The number of carbonyl (C=O) groups is 2. The summed E-state index contributed by atoms with van der Waals surface area (Å²) in [5.74, 6) is 0.451. The van der Waals surface area contributed by atoms with Crippen LogP contribution in [0.5, 0.6) is 0 Å². The Hall–Kier alpha value is -0.900. The van der Waals surface area contributed by atoms with Crippen molar-refractivity contribution in [1.29, 1.82) is 0 Å². The van der Waals surface area contributed by atoms with Gasteiger partial charge in [-0.3, -0.25) is 14.5 Å². The second kappa shape index (κ2) is 3.81. The number of Topliss-reactive ketones (excluding diaryl/α,β-unsaturated/α-hetero) is 1. The second-order valence-corrected chi connectivity index (χ2v) is 6.64. The van der Waals surface area contributed by atoms with E-state index in [1.54, 1.807) is 0 Å². The van der Waals surface area contributed by atoms with E-state index in [-0.39, 0.29) is 17.3 Å². The van der Waals surface area contributed by atoms with Crippen molar-refractivity contribution in [3.63, 3.8) is 0 Å². The van der Waals surface area contributed by atoms with Gasteiger partial charge in [0, 0.05) is 19.3 Å². The van der Waals surface area contributed by atoms with Gasteiger partial charge in [-0.25, -0.2) is 0 Å². The fourth-order valence-electron chi connectivity index (χ4n) is 5.37. The summed E-state index contributed by atoms with van der Waals surface area (Å²) in [4.78, 5) is 26.9. The maximum Gasteiger partial charge on any atom is 0.307 e. The highest BCUT2D eigenvalue weighted by Crippen LogP contribution is 2.58. The van der Waals surface area contributed by atoms with Gasteiger partial charge in [0.15, 0.2) is 11.4 Å². The molecule has 4 aliphatic rings. The van der Waals surface area contributed by atoms with E-state index in [2.05, 4.69) is 4.90 Å². The van der Waals surface area contributed by atoms with Crippen LogP contribution in [0, 0.1) is 5.92 Å². The highest BCUT2D eigenvalue weighted by atomic mass is 16.6. The third-order valence-electron chi connectivity index (χ3n) is 6.01. The summed E-state index contributed by atoms with van der Waals surface area (Å²) in [6, 6.07) is 0. The Morgan fingerprint density at radius 3 is 2.74 bits per heavy atom. The minimum atomic E-state index is -0.782. The number of nitrogens with zero attached hydrogens (tertiary/aromatic N) is 1. The van der Waals surface area contributed by atoms with Gasteiger partial charge in [0.25, 0.3) is 0 Å². The molecule has 3 aliphatic heterocycles. The van der Waals surface area contributed by atoms with Crippen molar-refractivity contribution in [2.45, 2.75) is 62.5 Å². The van der Waals surface area contributed by atoms with Gasteiger partial charge in [0.05, 0.1) is 5.54 Å². The number of ketones is 1. The normalized spacial score (nSPS) is 46.2. The summed E-state index contributed by atoms with van der Waals surface area (Å²) in [6.07, 6.45) is 7.41. The minimum absolute atomic E-state index is 0.146. The minimum Gasteiger partial charge on any atom is -0.449 e. The molecule has 104 valence electrons. The van der Waals surface area contributed by atoms with E-state index in [0.29, 0.717) is 25.2 Å². The van der Waals surface area contributed by atoms with Gasteiger partial charge < -0.3 is 4.74 Å². The molecular weight excluding hydrogens is 242 g/mol. The van der Waals surface area contributed by atoms with Gasteiger partial charge in [0.1, 0.15) is 0 Å². The lowest BCUT2D eigenvalue weighted by Crippen LogP contribution is -2.62. The van der Waals surface area contributed by atoms with E-state index in [1.165, 1.54) is 12.8 Å². The van der Waals surface area contributed by atoms with Gasteiger partial charge in [0.2, 0.25) is 0 Å². The van der Waals surface area contributed by atoms with E-state index >= 15 is 0 Å². The van der Waals surface area contributed by atoms with Gasteiger partial charge >= 0.3 is 5.97 Å². The average Bonchev–Trinajstić information content (AvgIpc) is 3.00. The summed E-state index contributed by atoms with van der Waals surface area (Å²) in [5, 5.41) is 0. The van der Waals surface area contributed by atoms with Crippen LogP contribution in [0.4, 0.5) is 0 Å². The molecule has 4 fully saturated rings. The highest BCUT2D eigenvalue weighted by Gasteiger charge is 2.72. The topological polar surface area (TPSA) is 46.6 Å². The van der Waals surface area contributed by atoms with Gasteiger partial charge in [-0.05, 0) is 44.7 Å². The van der Waals surface area contributed by atoms with Gasteiger partial charge in [-0.1, -0.05) is 6.42 Å². The molecule has 4 rings (SSSR count). The van der Waals surface area contributed by atoms with Crippen molar-refractivity contribution in [1.82, 2.24) is 4.90 Å². The predicted octanol–water partition coefficient (Wildman–Crippen LogP) is 1.67. The van der Waals surface area contributed by atoms with E-state index in [1.807, 2.05) is 0 Å². The Kier molecular flexibility index (Phi) is 2.39. The predicted molar refractivity (Wildman–Crippen MR) is 68.6 cm³/mol. The lowest BCUT2D eigenvalue weighted by Gasteiger charge is -2.46. The Bertz CT molecular complexity index is 449. The molecular formula is C15H21NO3. The van der Waals surface area contributed by atoms with Crippen LogP contribution < -0.4 is 0 Å². The number of hydrogen-bond donors (Lipinski definition) is 0. The molecule has 19 heavy (non-hydrogen) atoms. The number of ether oxygens (including phenoxy) is 1. The first kappa shape index (κ1) is 11.9. The van der Waals surface area contributed by atoms with Crippen LogP contribution in [-0.2, 0) is 14.3 Å². The zero-order valence-electron chi connectivity index (χ0n) is 11.3. The molecule has 1 aliphatic carbocycles. The molecule has 1 saturated carbocycles. The van der Waals surface area contributed by atoms with Crippen LogP contribution in [0.1, 0.15) is 51.4 Å². The molecule has 3 unspecified atom stereocenters. The second-order valence-electron chi connectivity index (χ2n) is 6.64. The van der Waals surface area contributed by atoms with E-state index in [0.717, 1.165) is 32.4 Å². The molecule has 2 spiro atoms. The van der Waals surface area contributed by atoms with Crippen molar-refractivity contribution in [2.75, 3.05) is 13.1 Å². The zero-order chi connectivity index (χ0) is 13.1. The quantitative estimate of drug-likeness (QED) is 0.624. The molecule has 0 aromatic rings. The molecule has 0 N–H and O–H groups in total. The summed E-state index contributed by atoms with van der Waals surface area (Å²) in [7, 11) is 0. The molecule has 0 amide bonds. The lowest BCUT2D eigenvalue weighted by molar-refractivity contribution is -0.168. The van der Waals surface area contributed by atoms with Crippen LogP contribution >= 0.6 is 0 Å². The van der Waals surface area contributed by atoms with Crippen LogP contribution in [0.3, 0.4) is 0 Å². The third kappa shape index (κ3) is 1.28. The lowest BCUT2D eigenvalue weighted by atomic mass is 9.73. The Morgan fingerprint density at radius 2 is 1.95 bits per heavy atom. The molecule has 3 atom stereocenters. The maximum atomic E-state index is 12.7.